The fourth-order valence-corrected chi connectivity index (χ4v) is 2.30. The average Bonchev–Trinajstić information content (AvgIpc) is 2.54. The summed E-state index contributed by atoms with van der Waals surface area (Å²) in [6, 6.07) is 3.37. The summed E-state index contributed by atoms with van der Waals surface area (Å²) in [5, 5.41) is 3.09. The van der Waals surface area contributed by atoms with Crippen LogP contribution in [0.2, 0.25) is 5.02 Å². The van der Waals surface area contributed by atoms with Crippen molar-refractivity contribution in [1.29, 1.82) is 0 Å². The minimum Gasteiger partial charge on any atom is -0.493 e. The van der Waals surface area contributed by atoms with Crippen molar-refractivity contribution in [2.75, 3.05) is 20.3 Å². The molecule has 0 spiro atoms. The van der Waals surface area contributed by atoms with Gasteiger partial charge in [-0.3, -0.25) is 4.79 Å². The van der Waals surface area contributed by atoms with E-state index in [4.69, 9.17) is 25.8 Å². The number of carbonyl (C=O) groups is 2. The maximum Gasteiger partial charge on any atom is 0.331 e. The molecule has 0 saturated heterocycles. The topological polar surface area (TPSA) is 73.9 Å². The third-order valence-corrected chi connectivity index (χ3v) is 3.37. The second-order valence-corrected chi connectivity index (χ2v) is 7.89. The number of ether oxygens (including phenoxy) is 3. The normalized spacial score (nSPS) is 11.6. The Bertz CT molecular complexity index is 692. The minimum atomic E-state index is -0.630. The number of methoxy groups -OCH3 is 1. The molecule has 1 amide bonds. The summed E-state index contributed by atoms with van der Waals surface area (Å²) >= 11 is 6.27. The van der Waals surface area contributed by atoms with Crippen LogP contribution in [0.5, 0.6) is 11.5 Å². The van der Waals surface area contributed by atoms with Crippen LogP contribution in [0.25, 0.3) is 6.08 Å². The number of halogens is 1. The van der Waals surface area contributed by atoms with E-state index in [0.29, 0.717) is 34.6 Å². The predicted molar refractivity (Wildman–Crippen MR) is 106 cm³/mol. The van der Waals surface area contributed by atoms with E-state index in [9.17, 15) is 9.59 Å². The summed E-state index contributed by atoms with van der Waals surface area (Å²) in [6.07, 6.45) is 2.76. The number of hydrogen-bond acceptors (Lipinski definition) is 5. The Balaban J connectivity index is 2.73. The van der Waals surface area contributed by atoms with Crippen LogP contribution in [0.4, 0.5) is 0 Å². The van der Waals surface area contributed by atoms with E-state index >= 15 is 0 Å². The summed E-state index contributed by atoms with van der Waals surface area (Å²) in [7, 11) is 1.52. The van der Waals surface area contributed by atoms with Gasteiger partial charge in [-0.25, -0.2) is 4.79 Å². The van der Waals surface area contributed by atoms with Gasteiger partial charge in [0, 0.05) is 11.6 Å². The van der Waals surface area contributed by atoms with Crippen LogP contribution in [0.3, 0.4) is 0 Å². The van der Waals surface area contributed by atoms with Gasteiger partial charge in [-0.1, -0.05) is 25.4 Å². The summed E-state index contributed by atoms with van der Waals surface area (Å²) in [5.41, 5.74) is 0.260. The maximum atomic E-state index is 11.8. The lowest BCUT2D eigenvalue weighted by atomic mass is 10.1. The van der Waals surface area contributed by atoms with E-state index in [-0.39, 0.29) is 18.1 Å². The Kier molecular flexibility index (Phi) is 8.63. The zero-order chi connectivity index (χ0) is 20.6. The van der Waals surface area contributed by atoms with Crippen LogP contribution < -0.4 is 14.8 Å². The second kappa shape index (κ2) is 10.2. The zero-order valence-electron chi connectivity index (χ0n) is 16.7. The number of esters is 1. The third kappa shape index (κ3) is 8.82. The minimum absolute atomic E-state index is 0.341. The molecule has 0 atom stereocenters. The Morgan fingerprint density at radius 3 is 2.48 bits per heavy atom. The van der Waals surface area contributed by atoms with Crippen LogP contribution in [-0.2, 0) is 14.3 Å². The predicted octanol–water partition coefficient (Wildman–Crippen LogP) is 3.85. The molecule has 1 rings (SSSR count). The molecule has 0 fully saturated rings. The first-order chi connectivity index (χ1) is 12.5. The van der Waals surface area contributed by atoms with E-state index in [1.807, 2.05) is 34.6 Å². The van der Waals surface area contributed by atoms with Crippen LogP contribution in [0.1, 0.15) is 40.2 Å². The maximum absolute atomic E-state index is 11.8. The van der Waals surface area contributed by atoms with Gasteiger partial charge in [0.1, 0.15) is 0 Å². The highest BCUT2D eigenvalue weighted by atomic mass is 35.5. The number of amides is 1. The fourth-order valence-electron chi connectivity index (χ4n) is 2.03. The molecule has 0 heterocycles. The fraction of sp³-hybridized carbons (Fsp3) is 0.500. The first kappa shape index (κ1) is 22.8. The number of carbonyl (C=O) groups excluding carboxylic acids is 2. The first-order valence-electron chi connectivity index (χ1n) is 8.68. The summed E-state index contributed by atoms with van der Waals surface area (Å²) in [5.74, 6) is 0.290. The summed E-state index contributed by atoms with van der Waals surface area (Å²) in [6.45, 7) is 9.77. The van der Waals surface area contributed by atoms with Gasteiger partial charge in [0.05, 0.1) is 18.7 Å². The molecule has 0 radical (unpaired) electrons. The molecule has 0 aliphatic heterocycles. The van der Waals surface area contributed by atoms with Gasteiger partial charge in [-0.2, -0.15) is 0 Å². The molecule has 0 aliphatic rings. The van der Waals surface area contributed by atoms with Gasteiger partial charge in [-0.05, 0) is 50.5 Å². The van der Waals surface area contributed by atoms with Crippen molar-refractivity contribution in [3.63, 3.8) is 0 Å². The summed E-state index contributed by atoms with van der Waals surface area (Å²) in [4.78, 5) is 23.4. The second-order valence-electron chi connectivity index (χ2n) is 7.48. The van der Waals surface area contributed by atoms with Crippen molar-refractivity contribution in [1.82, 2.24) is 5.32 Å². The van der Waals surface area contributed by atoms with Gasteiger partial charge < -0.3 is 19.5 Å². The van der Waals surface area contributed by atoms with Crippen LogP contribution >= 0.6 is 11.6 Å². The molecule has 0 bridgehead atoms. The first-order valence-corrected chi connectivity index (χ1v) is 9.06. The van der Waals surface area contributed by atoms with E-state index in [0.717, 1.165) is 0 Å². The van der Waals surface area contributed by atoms with E-state index in [2.05, 4.69) is 5.32 Å². The molecule has 0 aromatic heterocycles. The van der Waals surface area contributed by atoms with Crippen molar-refractivity contribution in [2.24, 2.45) is 5.92 Å². The lowest BCUT2D eigenvalue weighted by Gasteiger charge is -2.20. The van der Waals surface area contributed by atoms with E-state index < -0.39 is 5.97 Å². The monoisotopic (exact) mass is 397 g/mol. The van der Waals surface area contributed by atoms with E-state index in [1.54, 1.807) is 12.1 Å². The quantitative estimate of drug-likeness (QED) is 0.532. The highest BCUT2D eigenvalue weighted by Gasteiger charge is 2.15. The van der Waals surface area contributed by atoms with Crippen molar-refractivity contribution < 1.29 is 23.8 Å². The summed E-state index contributed by atoms with van der Waals surface area (Å²) < 4.78 is 15.9. The zero-order valence-corrected chi connectivity index (χ0v) is 17.5. The van der Waals surface area contributed by atoms with Crippen molar-refractivity contribution in [3.05, 3.63) is 28.8 Å². The van der Waals surface area contributed by atoms with Crippen LogP contribution in [-0.4, -0.2) is 37.7 Å². The van der Waals surface area contributed by atoms with Gasteiger partial charge >= 0.3 is 5.97 Å². The van der Waals surface area contributed by atoms with Crippen molar-refractivity contribution in [2.45, 2.75) is 40.2 Å². The molecule has 1 aromatic carbocycles. The Labute approximate surface area is 165 Å². The molecule has 1 aromatic rings. The average molecular weight is 398 g/mol. The third-order valence-electron chi connectivity index (χ3n) is 3.08. The number of rotatable bonds is 8. The molecule has 7 heteroatoms. The lowest BCUT2D eigenvalue weighted by molar-refractivity contribution is -0.144. The lowest BCUT2D eigenvalue weighted by Crippen LogP contribution is -2.42. The van der Waals surface area contributed by atoms with Gasteiger partial charge in [-0.15, -0.1) is 0 Å². The van der Waals surface area contributed by atoms with Crippen molar-refractivity contribution in [3.8, 4) is 11.5 Å². The van der Waals surface area contributed by atoms with Crippen LogP contribution in [0, 0.1) is 5.92 Å². The number of hydrogen-bond donors (Lipinski definition) is 1. The molecular weight excluding hydrogens is 370 g/mol. The number of benzene rings is 1. The highest BCUT2D eigenvalue weighted by molar-refractivity contribution is 6.32. The van der Waals surface area contributed by atoms with E-state index in [1.165, 1.54) is 19.3 Å². The van der Waals surface area contributed by atoms with Crippen molar-refractivity contribution >= 4 is 29.6 Å². The molecule has 0 saturated carbocycles. The Hall–Kier alpha value is -2.21. The highest BCUT2D eigenvalue weighted by Crippen LogP contribution is 2.37. The molecule has 0 aliphatic carbocycles. The Morgan fingerprint density at radius 2 is 1.93 bits per heavy atom. The molecule has 1 N–H and O–H groups in total. The molecule has 150 valence electrons. The molecule has 6 nitrogen and oxygen atoms in total. The van der Waals surface area contributed by atoms with Crippen LogP contribution in [0.15, 0.2) is 18.2 Å². The Morgan fingerprint density at radius 1 is 1.26 bits per heavy atom. The SMILES string of the molecule is COc1cc(/C=C/C(=O)OCC(=O)NC(C)(C)C)cc(Cl)c1OCC(C)C. The molecule has 27 heavy (non-hydrogen) atoms. The molecule has 0 unspecified atom stereocenters. The van der Waals surface area contributed by atoms with Gasteiger partial charge in [0.25, 0.3) is 5.91 Å². The smallest absolute Gasteiger partial charge is 0.331 e. The molecular formula is C20H28ClNO5. The number of nitrogens with one attached hydrogen (secondary N) is 1. The largest absolute Gasteiger partial charge is 0.493 e. The van der Waals surface area contributed by atoms with Gasteiger partial charge in [0.15, 0.2) is 18.1 Å². The standard InChI is InChI=1S/C20H28ClNO5/c1-13(2)11-27-19-15(21)9-14(10-16(19)25-6)7-8-18(24)26-12-17(23)22-20(3,4)5/h7-10,13H,11-12H2,1-6H3,(H,22,23)/b8-7+. The van der Waals surface area contributed by atoms with Gasteiger partial charge in [0.2, 0.25) is 0 Å².